The van der Waals surface area contributed by atoms with Gasteiger partial charge in [0.15, 0.2) is 11.5 Å². The third-order valence-corrected chi connectivity index (χ3v) is 4.54. The summed E-state index contributed by atoms with van der Waals surface area (Å²) >= 11 is 0. The van der Waals surface area contributed by atoms with Gasteiger partial charge in [0.2, 0.25) is 0 Å². The highest BCUT2D eigenvalue weighted by molar-refractivity contribution is 5.85. The number of ether oxygens (including phenoxy) is 3. The van der Waals surface area contributed by atoms with Gasteiger partial charge in [0.1, 0.15) is 12.4 Å². The monoisotopic (exact) mass is 413 g/mol. The number of hydrogen-bond acceptors (Lipinski definition) is 4. The van der Waals surface area contributed by atoms with E-state index >= 15 is 0 Å². The number of nitrogens with one attached hydrogen (secondary N) is 1. The van der Waals surface area contributed by atoms with Crippen LogP contribution >= 0.6 is 12.4 Å². The largest absolute Gasteiger partial charge is 0.497 e. The lowest BCUT2D eigenvalue weighted by Crippen LogP contribution is -2.16. The van der Waals surface area contributed by atoms with Gasteiger partial charge >= 0.3 is 0 Å². The summed E-state index contributed by atoms with van der Waals surface area (Å²) < 4.78 is 16.6. The Morgan fingerprint density at radius 3 is 2.14 bits per heavy atom. The quantitative estimate of drug-likeness (QED) is 0.473. The zero-order chi connectivity index (χ0) is 19.6. The molecule has 5 heteroatoms. The fraction of sp³-hybridized carbons (Fsp3) is 0.250. The minimum atomic E-state index is 0. The van der Waals surface area contributed by atoms with E-state index in [0.717, 1.165) is 42.3 Å². The predicted molar refractivity (Wildman–Crippen MR) is 119 cm³/mol. The standard InChI is InChI=1S/C24H27NO3.ClH/c1-26-22-11-8-19(9-12-22)14-15-25-17-21-10-13-23(24(16-21)27-2)28-18-20-6-4-3-5-7-20;/h3-13,16,25H,14-15,17-18H2,1-2H3;1H. The molecule has 0 spiro atoms. The summed E-state index contributed by atoms with van der Waals surface area (Å²) in [4.78, 5) is 0. The molecule has 3 rings (SSSR count). The van der Waals surface area contributed by atoms with Crippen LogP contribution in [0.1, 0.15) is 16.7 Å². The SMILES string of the molecule is COc1ccc(CCNCc2ccc(OCc3ccccc3)c(OC)c2)cc1.Cl. The molecular weight excluding hydrogens is 386 g/mol. The van der Waals surface area contributed by atoms with Crippen LogP contribution in [0.4, 0.5) is 0 Å². The van der Waals surface area contributed by atoms with Gasteiger partial charge < -0.3 is 19.5 Å². The molecule has 0 saturated carbocycles. The van der Waals surface area contributed by atoms with Crippen molar-refractivity contribution in [3.05, 3.63) is 89.5 Å². The molecule has 0 radical (unpaired) electrons. The molecule has 29 heavy (non-hydrogen) atoms. The first-order chi connectivity index (χ1) is 13.8. The Hall–Kier alpha value is -2.69. The molecule has 0 aliphatic carbocycles. The van der Waals surface area contributed by atoms with E-state index in [9.17, 15) is 0 Å². The highest BCUT2D eigenvalue weighted by Crippen LogP contribution is 2.28. The van der Waals surface area contributed by atoms with E-state index < -0.39 is 0 Å². The highest BCUT2D eigenvalue weighted by atomic mass is 35.5. The van der Waals surface area contributed by atoms with Crippen molar-refractivity contribution >= 4 is 12.4 Å². The van der Waals surface area contributed by atoms with E-state index in [1.807, 2.05) is 54.6 Å². The maximum Gasteiger partial charge on any atom is 0.161 e. The summed E-state index contributed by atoms with van der Waals surface area (Å²) in [5.41, 5.74) is 3.59. The van der Waals surface area contributed by atoms with Crippen LogP contribution < -0.4 is 19.5 Å². The Morgan fingerprint density at radius 1 is 0.724 bits per heavy atom. The van der Waals surface area contributed by atoms with Crippen LogP contribution in [0.3, 0.4) is 0 Å². The molecule has 0 aliphatic rings. The number of rotatable bonds is 10. The van der Waals surface area contributed by atoms with Crippen LogP contribution in [0.2, 0.25) is 0 Å². The van der Waals surface area contributed by atoms with E-state index in [2.05, 4.69) is 23.5 Å². The van der Waals surface area contributed by atoms with Crippen molar-refractivity contribution in [3.63, 3.8) is 0 Å². The van der Waals surface area contributed by atoms with Crippen molar-refractivity contribution in [1.82, 2.24) is 5.32 Å². The first kappa shape index (κ1) is 22.6. The van der Waals surface area contributed by atoms with Gasteiger partial charge in [0.05, 0.1) is 14.2 Å². The van der Waals surface area contributed by atoms with Gasteiger partial charge in [-0.2, -0.15) is 0 Å². The van der Waals surface area contributed by atoms with E-state index in [-0.39, 0.29) is 12.4 Å². The lowest BCUT2D eigenvalue weighted by Gasteiger charge is -2.13. The molecule has 1 N–H and O–H groups in total. The Kier molecular flexibility index (Phi) is 9.35. The third-order valence-electron chi connectivity index (χ3n) is 4.54. The minimum absolute atomic E-state index is 0. The molecule has 0 unspecified atom stereocenters. The van der Waals surface area contributed by atoms with Crippen molar-refractivity contribution in [1.29, 1.82) is 0 Å². The molecule has 0 fully saturated rings. The van der Waals surface area contributed by atoms with Crippen molar-refractivity contribution in [2.24, 2.45) is 0 Å². The molecule has 154 valence electrons. The van der Waals surface area contributed by atoms with E-state index in [4.69, 9.17) is 14.2 Å². The number of methoxy groups -OCH3 is 2. The second kappa shape index (κ2) is 12.0. The van der Waals surface area contributed by atoms with Crippen LogP contribution in [0.15, 0.2) is 72.8 Å². The smallest absolute Gasteiger partial charge is 0.161 e. The molecule has 0 bridgehead atoms. The van der Waals surface area contributed by atoms with Gasteiger partial charge in [0, 0.05) is 6.54 Å². The summed E-state index contributed by atoms with van der Waals surface area (Å²) in [7, 11) is 3.36. The topological polar surface area (TPSA) is 39.7 Å². The van der Waals surface area contributed by atoms with Crippen LogP contribution in [-0.4, -0.2) is 20.8 Å². The molecule has 0 heterocycles. The Balaban J connectivity index is 0.00000300. The molecule has 0 atom stereocenters. The lowest BCUT2D eigenvalue weighted by atomic mass is 10.1. The number of benzene rings is 3. The van der Waals surface area contributed by atoms with Gasteiger partial charge in [0.25, 0.3) is 0 Å². The van der Waals surface area contributed by atoms with E-state index in [1.165, 1.54) is 11.1 Å². The Labute approximate surface area is 179 Å². The van der Waals surface area contributed by atoms with Crippen LogP contribution in [0.5, 0.6) is 17.2 Å². The van der Waals surface area contributed by atoms with Gasteiger partial charge in [-0.1, -0.05) is 48.5 Å². The maximum atomic E-state index is 5.92. The van der Waals surface area contributed by atoms with Crippen molar-refractivity contribution in [2.75, 3.05) is 20.8 Å². The molecule has 0 amide bonds. The second-order valence-electron chi connectivity index (χ2n) is 6.53. The molecule has 0 saturated heterocycles. The van der Waals surface area contributed by atoms with Crippen LogP contribution in [0, 0.1) is 0 Å². The number of hydrogen-bond donors (Lipinski definition) is 1. The lowest BCUT2D eigenvalue weighted by molar-refractivity contribution is 0.284. The first-order valence-corrected chi connectivity index (χ1v) is 9.46. The summed E-state index contributed by atoms with van der Waals surface area (Å²) in [6.45, 7) is 2.21. The molecule has 0 aromatic heterocycles. The van der Waals surface area contributed by atoms with Gasteiger partial charge in [-0.15, -0.1) is 12.4 Å². The van der Waals surface area contributed by atoms with Crippen molar-refractivity contribution in [3.8, 4) is 17.2 Å². The summed E-state index contributed by atoms with van der Waals surface area (Å²) in [5, 5.41) is 3.48. The zero-order valence-electron chi connectivity index (χ0n) is 16.9. The fourth-order valence-electron chi connectivity index (χ4n) is 2.93. The van der Waals surface area contributed by atoms with Crippen molar-refractivity contribution < 1.29 is 14.2 Å². The highest BCUT2D eigenvalue weighted by Gasteiger charge is 2.06. The van der Waals surface area contributed by atoms with E-state index in [0.29, 0.717) is 6.61 Å². The Morgan fingerprint density at radius 2 is 1.45 bits per heavy atom. The summed E-state index contributed by atoms with van der Waals surface area (Å²) in [6.07, 6.45) is 0.972. The normalized spacial score (nSPS) is 10.1. The molecule has 3 aromatic carbocycles. The van der Waals surface area contributed by atoms with Gasteiger partial charge in [-0.05, 0) is 53.9 Å². The van der Waals surface area contributed by atoms with E-state index in [1.54, 1.807) is 14.2 Å². The first-order valence-electron chi connectivity index (χ1n) is 9.46. The minimum Gasteiger partial charge on any atom is -0.497 e. The summed E-state index contributed by atoms with van der Waals surface area (Å²) in [6, 6.07) is 24.4. The van der Waals surface area contributed by atoms with Crippen LogP contribution in [0.25, 0.3) is 0 Å². The van der Waals surface area contributed by atoms with Crippen LogP contribution in [-0.2, 0) is 19.6 Å². The average molecular weight is 414 g/mol. The molecule has 0 aliphatic heterocycles. The Bertz CT molecular complexity index is 854. The van der Waals surface area contributed by atoms with Gasteiger partial charge in [-0.25, -0.2) is 0 Å². The average Bonchev–Trinajstić information content (AvgIpc) is 2.76. The summed E-state index contributed by atoms with van der Waals surface area (Å²) in [5.74, 6) is 2.40. The van der Waals surface area contributed by atoms with Gasteiger partial charge in [-0.3, -0.25) is 0 Å². The zero-order valence-corrected chi connectivity index (χ0v) is 17.7. The molecular formula is C24H28ClNO3. The third kappa shape index (κ3) is 7.00. The second-order valence-corrected chi connectivity index (χ2v) is 6.53. The maximum absolute atomic E-state index is 5.92. The van der Waals surface area contributed by atoms with Crippen molar-refractivity contribution in [2.45, 2.75) is 19.6 Å². The predicted octanol–water partition coefficient (Wildman–Crippen LogP) is 5.04. The molecule has 3 aromatic rings. The fourth-order valence-corrected chi connectivity index (χ4v) is 2.93. The molecule has 4 nitrogen and oxygen atoms in total. The number of halogens is 1.